The third-order valence-electron chi connectivity index (χ3n) is 3.27. The highest BCUT2D eigenvalue weighted by atomic mass is 32.2. The van der Waals surface area contributed by atoms with Crippen LogP contribution >= 0.6 is 11.8 Å². The molecule has 1 aromatic heterocycles. The molecular weight excluding hydrogens is 312 g/mol. The zero-order valence-electron chi connectivity index (χ0n) is 11.3. The zero-order chi connectivity index (χ0) is 14.9. The number of ether oxygens (including phenoxy) is 1. The fraction of sp³-hybridized carbons (Fsp3) is 0.308. The Labute approximate surface area is 127 Å². The minimum absolute atomic E-state index is 0.0866. The van der Waals surface area contributed by atoms with Gasteiger partial charge in [-0.1, -0.05) is 17.3 Å². The van der Waals surface area contributed by atoms with Gasteiger partial charge in [0.15, 0.2) is 0 Å². The van der Waals surface area contributed by atoms with Crippen LogP contribution in [-0.2, 0) is 10.0 Å². The van der Waals surface area contributed by atoms with Gasteiger partial charge < -0.3 is 9.26 Å². The van der Waals surface area contributed by atoms with Crippen molar-refractivity contribution in [3.63, 3.8) is 0 Å². The van der Waals surface area contributed by atoms with Crippen molar-refractivity contribution in [1.29, 1.82) is 0 Å². The Morgan fingerprint density at radius 2 is 2.14 bits per heavy atom. The first-order valence-corrected chi connectivity index (χ1v) is 8.78. The Hall–Kier alpha value is -1.51. The van der Waals surface area contributed by atoms with Gasteiger partial charge in [0.1, 0.15) is 16.9 Å². The highest BCUT2D eigenvalue weighted by Gasteiger charge is 2.37. The van der Waals surface area contributed by atoms with E-state index in [9.17, 15) is 8.42 Å². The Morgan fingerprint density at radius 1 is 1.38 bits per heavy atom. The maximum atomic E-state index is 12.6. The summed E-state index contributed by atoms with van der Waals surface area (Å²) < 4.78 is 36.4. The molecule has 1 atom stereocenters. The maximum absolute atomic E-state index is 12.6. The average Bonchev–Trinajstić information content (AvgIpc) is 3.19. The minimum Gasteiger partial charge on any atom is -0.497 e. The molecule has 0 amide bonds. The molecule has 2 heterocycles. The van der Waals surface area contributed by atoms with Crippen molar-refractivity contribution in [2.75, 3.05) is 19.4 Å². The number of rotatable bonds is 4. The van der Waals surface area contributed by atoms with Gasteiger partial charge >= 0.3 is 0 Å². The second-order valence-electron chi connectivity index (χ2n) is 4.47. The molecule has 0 N–H and O–H groups in total. The van der Waals surface area contributed by atoms with Crippen LogP contribution in [0.3, 0.4) is 0 Å². The predicted octanol–water partition coefficient (Wildman–Crippen LogP) is 2.12. The molecule has 1 aliphatic rings. The van der Waals surface area contributed by atoms with Gasteiger partial charge in [0.05, 0.1) is 18.7 Å². The Balaban J connectivity index is 1.92. The number of benzene rings is 1. The van der Waals surface area contributed by atoms with E-state index >= 15 is 0 Å². The van der Waals surface area contributed by atoms with Crippen LogP contribution < -0.4 is 4.74 Å². The summed E-state index contributed by atoms with van der Waals surface area (Å²) in [5, 5.41) is 3.24. The first-order valence-electron chi connectivity index (χ1n) is 6.30. The number of nitrogens with zero attached hydrogens (tertiary/aromatic N) is 2. The summed E-state index contributed by atoms with van der Waals surface area (Å²) >= 11 is 1.60. The van der Waals surface area contributed by atoms with Crippen molar-refractivity contribution in [2.45, 2.75) is 10.3 Å². The summed E-state index contributed by atoms with van der Waals surface area (Å²) in [6.07, 6.45) is 2.38. The molecule has 3 rings (SSSR count). The van der Waals surface area contributed by atoms with E-state index < -0.39 is 10.0 Å². The van der Waals surface area contributed by atoms with Crippen LogP contribution in [-0.4, -0.2) is 37.3 Å². The number of hydrogen-bond donors (Lipinski definition) is 0. The van der Waals surface area contributed by atoms with Crippen LogP contribution in [0.5, 0.6) is 5.75 Å². The molecule has 1 fully saturated rings. The van der Waals surface area contributed by atoms with E-state index in [-0.39, 0.29) is 10.3 Å². The lowest BCUT2D eigenvalue weighted by Crippen LogP contribution is -2.30. The number of aromatic nitrogens is 1. The van der Waals surface area contributed by atoms with Crippen molar-refractivity contribution >= 4 is 21.8 Å². The monoisotopic (exact) mass is 326 g/mol. The van der Waals surface area contributed by atoms with E-state index in [0.717, 1.165) is 23.3 Å². The van der Waals surface area contributed by atoms with Gasteiger partial charge in [0, 0.05) is 12.3 Å². The van der Waals surface area contributed by atoms with Crippen LogP contribution in [0.25, 0.3) is 0 Å². The minimum atomic E-state index is -3.58. The van der Waals surface area contributed by atoms with Gasteiger partial charge in [-0.2, -0.15) is 4.31 Å². The second kappa shape index (κ2) is 5.70. The molecule has 0 bridgehead atoms. The van der Waals surface area contributed by atoms with Crippen LogP contribution in [0.15, 0.2) is 46.1 Å². The van der Waals surface area contributed by atoms with Gasteiger partial charge in [-0.3, -0.25) is 0 Å². The van der Waals surface area contributed by atoms with E-state index in [1.54, 1.807) is 18.9 Å². The van der Waals surface area contributed by atoms with Crippen molar-refractivity contribution in [2.24, 2.45) is 0 Å². The summed E-state index contributed by atoms with van der Waals surface area (Å²) in [6.45, 7) is 0.467. The molecule has 1 aromatic carbocycles. The van der Waals surface area contributed by atoms with E-state index in [0.29, 0.717) is 6.54 Å². The van der Waals surface area contributed by atoms with Crippen LogP contribution in [0, 0.1) is 0 Å². The molecule has 1 saturated heterocycles. The lowest BCUT2D eigenvalue weighted by atomic mass is 10.2. The molecule has 0 aliphatic carbocycles. The maximum Gasteiger partial charge on any atom is 0.249 e. The Morgan fingerprint density at radius 3 is 2.76 bits per heavy atom. The van der Waals surface area contributed by atoms with E-state index in [4.69, 9.17) is 4.74 Å². The quantitative estimate of drug-likeness (QED) is 0.857. The van der Waals surface area contributed by atoms with E-state index in [1.165, 1.54) is 10.5 Å². The highest BCUT2D eigenvalue weighted by molar-refractivity contribution is 8.01. The first-order chi connectivity index (χ1) is 10.1. The molecule has 8 heteroatoms. The summed E-state index contributed by atoms with van der Waals surface area (Å²) in [4.78, 5) is 0.0866. The molecule has 1 aliphatic heterocycles. The van der Waals surface area contributed by atoms with E-state index in [1.807, 2.05) is 24.3 Å². The van der Waals surface area contributed by atoms with Crippen molar-refractivity contribution in [1.82, 2.24) is 9.46 Å². The van der Waals surface area contributed by atoms with Gasteiger partial charge in [-0.15, -0.1) is 11.8 Å². The number of methoxy groups -OCH3 is 1. The normalized spacial score (nSPS) is 19.8. The number of thioether (sulfide) groups is 1. The van der Waals surface area contributed by atoms with Crippen molar-refractivity contribution in [3.05, 3.63) is 42.3 Å². The molecule has 0 saturated carbocycles. The van der Waals surface area contributed by atoms with Gasteiger partial charge in [-0.05, 0) is 17.7 Å². The van der Waals surface area contributed by atoms with Crippen LogP contribution in [0.4, 0.5) is 0 Å². The number of hydrogen-bond acceptors (Lipinski definition) is 6. The fourth-order valence-corrected chi connectivity index (χ4v) is 5.29. The van der Waals surface area contributed by atoms with Crippen molar-refractivity contribution in [3.8, 4) is 5.75 Å². The highest BCUT2D eigenvalue weighted by Crippen LogP contribution is 2.41. The predicted molar refractivity (Wildman–Crippen MR) is 78.6 cm³/mol. The summed E-state index contributed by atoms with van der Waals surface area (Å²) in [6, 6.07) is 7.44. The molecule has 112 valence electrons. The summed E-state index contributed by atoms with van der Waals surface area (Å²) in [7, 11) is -1.98. The SMILES string of the molecule is COc1ccc(C2SCCN2S(=O)(=O)c2cnoc2)cc1. The summed E-state index contributed by atoms with van der Waals surface area (Å²) in [5.41, 5.74) is 0.929. The van der Waals surface area contributed by atoms with Crippen LogP contribution in [0.2, 0.25) is 0 Å². The Bertz CT molecular complexity index is 698. The lowest BCUT2D eigenvalue weighted by Gasteiger charge is -2.22. The smallest absolute Gasteiger partial charge is 0.249 e. The van der Waals surface area contributed by atoms with E-state index in [2.05, 4.69) is 9.68 Å². The third-order valence-corrected chi connectivity index (χ3v) is 6.47. The van der Waals surface area contributed by atoms with Gasteiger partial charge in [-0.25, -0.2) is 8.42 Å². The molecular formula is C13H14N2O4S2. The van der Waals surface area contributed by atoms with Gasteiger partial charge in [0.2, 0.25) is 10.0 Å². The first kappa shape index (κ1) is 14.4. The molecule has 0 spiro atoms. The number of sulfonamides is 1. The third kappa shape index (κ3) is 2.66. The molecule has 0 radical (unpaired) electrons. The largest absolute Gasteiger partial charge is 0.497 e. The molecule has 2 aromatic rings. The standard InChI is InChI=1S/C13H14N2O4S2/c1-18-11-4-2-10(3-5-11)13-15(6-7-20-13)21(16,17)12-8-14-19-9-12/h2-5,8-9,13H,6-7H2,1H3. The van der Waals surface area contributed by atoms with Gasteiger partial charge in [0.25, 0.3) is 0 Å². The second-order valence-corrected chi connectivity index (χ2v) is 7.55. The lowest BCUT2D eigenvalue weighted by molar-refractivity contribution is 0.412. The average molecular weight is 326 g/mol. The Kier molecular flexibility index (Phi) is 3.92. The van der Waals surface area contributed by atoms with Crippen LogP contribution in [0.1, 0.15) is 10.9 Å². The van der Waals surface area contributed by atoms with Crippen molar-refractivity contribution < 1.29 is 17.7 Å². The zero-order valence-corrected chi connectivity index (χ0v) is 12.9. The molecule has 6 nitrogen and oxygen atoms in total. The topological polar surface area (TPSA) is 72.6 Å². The summed E-state index contributed by atoms with van der Waals surface area (Å²) in [5.74, 6) is 1.50. The fourth-order valence-electron chi connectivity index (χ4n) is 2.19. The molecule has 21 heavy (non-hydrogen) atoms. The molecule has 1 unspecified atom stereocenters.